The maximum Gasteiger partial charge on any atom is 0.278 e. The number of aliphatic imine (C=N–C) groups is 1. The Bertz CT molecular complexity index is 892. The van der Waals surface area contributed by atoms with E-state index in [1.807, 2.05) is 42.5 Å². The topological polar surface area (TPSA) is 49.7 Å². The van der Waals surface area contributed by atoms with Gasteiger partial charge in [0.05, 0.1) is 16.2 Å². The lowest BCUT2D eigenvalue weighted by molar-refractivity contribution is 0.101. The molecule has 3 aromatic rings. The minimum absolute atomic E-state index is 0.215. The molecule has 3 nitrogen and oxygen atoms in total. The smallest absolute Gasteiger partial charge is 0.278 e. The molecule has 1 aliphatic rings. The summed E-state index contributed by atoms with van der Waals surface area (Å²) in [6, 6.07) is 15.0. The Kier molecular flexibility index (Phi) is 2.28. The van der Waals surface area contributed by atoms with Crippen LogP contribution < -0.4 is 0 Å². The molecule has 96 valence electrons. The van der Waals surface area contributed by atoms with Gasteiger partial charge in [-0.25, -0.2) is 4.99 Å². The maximum atomic E-state index is 11.9. The Morgan fingerprint density at radius 3 is 2.35 bits per heavy atom. The number of rotatable bonds is 1. The van der Waals surface area contributed by atoms with Crippen LogP contribution in [0.2, 0.25) is 0 Å². The third-order valence-electron chi connectivity index (χ3n) is 3.44. The monoisotopic (exact) mass is 279 g/mol. The molecule has 0 saturated carbocycles. The summed E-state index contributed by atoms with van der Waals surface area (Å²) in [5.74, 6) is -0.215. The van der Waals surface area contributed by atoms with Crippen molar-refractivity contribution in [1.82, 2.24) is 0 Å². The molecular weight excluding hydrogens is 270 g/mol. The summed E-state index contributed by atoms with van der Waals surface area (Å²) in [5, 5.41) is 12.0. The van der Waals surface area contributed by atoms with E-state index in [4.69, 9.17) is 0 Å². The molecule has 0 bridgehead atoms. The van der Waals surface area contributed by atoms with Gasteiger partial charge in [-0.15, -0.1) is 0 Å². The van der Waals surface area contributed by atoms with E-state index >= 15 is 0 Å². The highest BCUT2D eigenvalue weighted by Gasteiger charge is 2.26. The highest BCUT2D eigenvalue weighted by atomic mass is 32.1. The van der Waals surface area contributed by atoms with Crippen LogP contribution >= 0.6 is 11.3 Å². The van der Waals surface area contributed by atoms with Crippen LogP contribution in [0.3, 0.4) is 0 Å². The van der Waals surface area contributed by atoms with Gasteiger partial charge in [-0.2, -0.15) is 0 Å². The lowest BCUT2D eigenvalue weighted by Crippen LogP contribution is -1.98. The highest BCUT2D eigenvalue weighted by molar-refractivity contribution is 7.18. The Balaban J connectivity index is 2.02. The molecule has 0 unspecified atom stereocenters. The molecule has 2 aromatic carbocycles. The SMILES string of the molecule is O=C1N=C(c2sc(O)c3ccccc23)c2ccccc21. The van der Waals surface area contributed by atoms with Gasteiger partial charge < -0.3 is 5.11 Å². The average Bonchev–Trinajstić information content (AvgIpc) is 2.99. The fourth-order valence-corrected chi connectivity index (χ4v) is 3.54. The summed E-state index contributed by atoms with van der Waals surface area (Å²) in [5.41, 5.74) is 2.12. The van der Waals surface area contributed by atoms with Crippen LogP contribution in [0.25, 0.3) is 10.8 Å². The van der Waals surface area contributed by atoms with Gasteiger partial charge in [0.15, 0.2) is 5.06 Å². The first-order chi connectivity index (χ1) is 9.75. The van der Waals surface area contributed by atoms with E-state index in [0.717, 1.165) is 21.2 Å². The summed E-state index contributed by atoms with van der Waals surface area (Å²) in [6.07, 6.45) is 0. The zero-order valence-corrected chi connectivity index (χ0v) is 11.1. The predicted molar refractivity (Wildman–Crippen MR) is 79.9 cm³/mol. The minimum atomic E-state index is -0.215. The first kappa shape index (κ1) is 11.4. The fraction of sp³-hybridized carbons (Fsp3) is 0. The number of amides is 1. The molecule has 1 N–H and O–H groups in total. The van der Waals surface area contributed by atoms with Crippen molar-refractivity contribution in [2.75, 3.05) is 0 Å². The van der Waals surface area contributed by atoms with E-state index in [1.54, 1.807) is 6.07 Å². The summed E-state index contributed by atoms with van der Waals surface area (Å²) in [7, 11) is 0. The second-order valence-electron chi connectivity index (χ2n) is 4.59. The van der Waals surface area contributed by atoms with Crippen molar-refractivity contribution in [2.24, 2.45) is 4.99 Å². The Labute approximate surface area is 118 Å². The van der Waals surface area contributed by atoms with Crippen LogP contribution in [-0.2, 0) is 0 Å². The molecule has 0 atom stereocenters. The van der Waals surface area contributed by atoms with E-state index in [-0.39, 0.29) is 11.0 Å². The van der Waals surface area contributed by atoms with Gasteiger partial charge in [0.1, 0.15) is 0 Å². The second kappa shape index (κ2) is 4.02. The molecule has 1 aliphatic heterocycles. The zero-order valence-electron chi connectivity index (χ0n) is 10.3. The maximum absolute atomic E-state index is 11.9. The molecule has 1 amide bonds. The molecule has 0 spiro atoms. The standard InChI is InChI=1S/C16H9NO2S/c18-15-11-7-3-1-5-9(11)13(17-15)14-10-6-2-4-8-12(10)16(19)20-14/h1-8,19H. The number of thiophene rings is 1. The zero-order chi connectivity index (χ0) is 13.7. The molecule has 1 aromatic heterocycles. The predicted octanol–water partition coefficient (Wildman–Crippen LogP) is 3.60. The summed E-state index contributed by atoms with van der Waals surface area (Å²) < 4.78 is 0. The van der Waals surface area contributed by atoms with Crippen LogP contribution in [0, 0.1) is 0 Å². The number of hydrogen-bond donors (Lipinski definition) is 1. The van der Waals surface area contributed by atoms with Crippen LogP contribution in [0.15, 0.2) is 53.5 Å². The first-order valence-electron chi connectivity index (χ1n) is 6.19. The van der Waals surface area contributed by atoms with Gasteiger partial charge in [-0.3, -0.25) is 4.79 Å². The van der Waals surface area contributed by atoms with E-state index in [9.17, 15) is 9.90 Å². The van der Waals surface area contributed by atoms with Crippen molar-refractivity contribution in [3.05, 3.63) is 64.5 Å². The summed E-state index contributed by atoms with van der Waals surface area (Å²) >= 11 is 1.26. The van der Waals surface area contributed by atoms with Crippen LogP contribution in [0.1, 0.15) is 20.8 Å². The number of hydrogen-bond acceptors (Lipinski definition) is 3. The molecule has 0 fully saturated rings. The molecule has 20 heavy (non-hydrogen) atoms. The van der Waals surface area contributed by atoms with Gasteiger partial charge in [0.2, 0.25) is 0 Å². The Morgan fingerprint density at radius 1 is 0.900 bits per heavy atom. The molecule has 0 radical (unpaired) electrons. The number of benzene rings is 2. The number of nitrogens with zero attached hydrogens (tertiary/aromatic N) is 1. The lowest BCUT2D eigenvalue weighted by atomic mass is 10.0. The van der Waals surface area contributed by atoms with Gasteiger partial charge in [-0.1, -0.05) is 47.7 Å². The van der Waals surface area contributed by atoms with E-state index in [1.165, 1.54) is 11.3 Å². The Morgan fingerprint density at radius 2 is 1.55 bits per heavy atom. The molecule has 0 aliphatic carbocycles. The van der Waals surface area contributed by atoms with Gasteiger partial charge in [-0.05, 0) is 12.1 Å². The molecule has 4 heteroatoms. The average molecular weight is 279 g/mol. The van der Waals surface area contributed by atoms with Crippen molar-refractivity contribution in [3.63, 3.8) is 0 Å². The summed E-state index contributed by atoms with van der Waals surface area (Å²) in [4.78, 5) is 17.0. The third kappa shape index (κ3) is 1.45. The second-order valence-corrected chi connectivity index (χ2v) is 5.59. The summed E-state index contributed by atoms with van der Waals surface area (Å²) in [6.45, 7) is 0. The number of carbonyl (C=O) groups is 1. The Hall–Kier alpha value is -2.46. The van der Waals surface area contributed by atoms with Crippen molar-refractivity contribution >= 4 is 33.7 Å². The van der Waals surface area contributed by atoms with Gasteiger partial charge in [0, 0.05) is 16.3 Å². The minimum Gasteiger partial charge on any atom is -0.499 e. The molecule has 2 heterocycles. The van der Waals surface area contributed by atoms with Gasteiger partial charge in [0.25, 0.3) is 5.91 Å². The van der Waals surface area contributed by atoms with E-state index in [2.05, 4.69) is 4.99 Å². The van der Waals surface area contributed by atoms with E-state index < -0.39 is 0 Å². The van der Waals surface area contributed by atoms with Crippen LogP contribution in [-0.4, -0.2) is 16.7 Å². The molecule has 0 saturated heterocycles. The lowest BCUT2D eigenvalue weighted by Gasteiger charge is -2.00. The number of aromatic hydroxyl groups is 1. The van der Waals surface area contributed by atoms with Crippen LogP contribution in [0.4, 0.5) is 0 Å². The number of fused-ring (bicyclic) bond motifs is 2. The van der Waals surface area contributed by atoms with E-state index in [0.29, 0.717) is 11.3 Å². The van der Waals surface area contributed by atoms with Crippen molar-refractivity contribution in [1.29, 1.82) is 0 Å². The molecular formula is C16H9NO2S. The van der Waals surface area contributed by atoms with Gasteiger partial charge >= 0.3 is 0 Å². The normalized spacial score (nSPS) is 13.6. The quantitative estimate of drug-likeness (QED) is 0.740. The first-order valence-corrected chi connectivity index (χ1v) is 7.00. The van der Waals surface area contributed by atoms with Crippen LogP contribution in [0.5, 0.6) is 5.06 Å². The fourth-order valence-electron chi connectivity index (χ4n) is 2.52. The number of carbonyl (C=O) groups excluding carboxylic acids is 1. The van der Waals surface area contributed by atoms with Crippen molar-refractivity contribution in [2.45, 2.75) is 0 Å². The molecule has 4 rings (SSSR count). The largest absolute Gasteiger partial charge is 0.499 e. The highest BCUT2D eigenvalue weighted by Crippen LogP contribution is 2.39. The van der Waals surface area contributed by atoms with Crippen molar-refractivity contribution in [3.8, 4) is 5.06 Å². The van der Waals surface area contributed by atoms with Crippen molar-refractivity contribution < 1.29 is 9.90 Å². The third-order valence-corrected chi connectivity index (χ3v) is 4.47.